The van der Waals surface area contributed by atoms with Gasteiger partial charge >= 0.3 is 0 Å². The highest BCUT2D eigenvalue weighted by Crippen LogP contribution is 2.22. The number of nitrogens with one attached hydrogen (secondary N) is 1. The van der Waals surface area contributed by atoms with Crippen molar-refractivity contribution in [1.82, 2.24) is 9.29 Å². The van der Waals surface area contributed by atoms with Crippen LogP contribution in [0.4, 0.5) is 5.69 Å². The van der Waals surface area contributed by atoms with Crippen molar-refractivity contribution in [3.63, 3.8) is 0 Å². The third-order valence-electron chi connectivity index (χ3n) is 4.40. The highest BCUT2D eigenvalue weighted by Gasteiger charge is 2.23. The number of rotatable bonds is 5. The predicted molar refractivity (Wildman–Crippen MR) is 106 cm³/mol. The van der Waals surface area contributed by atoms with Crippen LogP contribution in [-0.2, 0) is 10.0 Å². The van der Waals surface area contributed by atoms with Gasteiger partial charge in [-0.25, -0.2) is 8.42 Å². The molecule has 1 aromatic heterocycles. The molecule has 27 heavy (non-hydrogen) atoms. The number of hydrogen-bond acceptors (Lipinski definition) is 4. The molecule has 0 radical (unpaired) electrons. The Labute approximate surface area is 158 Å². The van der Waals surface area contributed by atoms with Gasteiger partial charge in [-0.05, 0) is 50.2 Å². The molecule has 0 saturated carbocycles. The van der Waals surface area contributed by atoms with Crippen LogP contribution in [0, 0.1) is 0 Å². The minimum Gasteiger partial charge on any atom is -0.320 e. The Morgan fingerprint density at radius 1 is 1.04 bits per heavy atom. The number of aromatic nitrogens is 1. The Morgan fingerprint density at radius 3 is 2.37 bits per heavy atom. The molecule has 3 rings (SSSR count). The fourth-order valence-corrected chi connectivity index (χ4v) is 3.99. The molecule has 7 heteroatoms. The zero-order valence-corrected chi connectivity index (χ0v) is 16.2. The molecule has 140 valence electrons. The second-order valence-electron chi connectivity index (χ2n) is 6.47. The van der Waals surface area contributed by atoms with Gasteiger partial charge in [0.25, 0.3) is 5.91 Å². The summed E-state index contributed by atoms with van der Waals surface area (Å²) in [5.74, 6) is -0.325. The van der Waals surface area contributed by atoms with Gasteiger partial charge in [0.2, 0.25) is 10.0 Å². The van der Waals surface area contributed by atoms with Crippen LogP contribution in [0.5, 0.6) is 0 Å². The summed E-state index contributed by atoms with van der Waals surface area (Å²) >= 11 is 0. The maximum atomic E-state index is 12.6. The van der Waals surface area contributed by atoms with Gasteiger partial charge in [-0.2, -0.15) is 4.31 Å². The number of hydrogen-bond donors (Lipinski definition) is 1. The average Bonchev–Trinajstić information content (AvgIpc) is 2.67. The number of carbonyl (C=O) groups excluding carboxylic acids is 1. The van der Waals surface area contributed by atoms with Crippen LogP contribution in [0.2, 0.25) is 0 Å². The molecule has 0 aliphatic carbocycles. The van der Waals surface area contributed by atoms with E-state index in [-0.39, 0.29) is 16.8 Å². The molecule has 0 aliphatic rings. The Balaban J connectivity index is 1.84. The van der Waals surface area contributed by atoms with Crippen LogP contribution in [0.1, 0.15) is 24.2 Å². The predicted octanol–water partition coefficient (Wildman–Crippen LogP) is 3.52. The van der Waals surface area contributed by atoms with Crippen LogP contribution in [0.15, 0.2) is 65.7 Å². The lowest BCUT2D eigenvalue weighted by Gasteiger charge is -2.21. The van der Waals surface area contributed by atoms with Crippen molar-refractivity contribution in [2.24, 2.45) is 0 Å². The molecule has 3 aromatic rings. The van der Waals surface area contributed by atoms with E-state index in [1.54, 1.807) is 26.1 Å². The molecular weight excluding hydrogens is 362 g/mol. The van der Waals surface area contributed by atoms with E-state index in [9.17, 15) is 13.2 Å². The molecule has 0 saturated heterocycles. The van der Waals surface area contributed by atoms with E-state index in [0.717, 1.165) is 5.39 Å². The summed E-state index contributed by atoms with van der Waals surface area (Å²) in [6.45, 7) is 3.61. The first kappa shape index (κ1) is 19.0. The fraction of sp³-hybridized carbons (Fsp3) is 0.200. The molecule has 1 N–H and O–H groups in total. The number of sulfonamides is 1. The number of amides is 1. The van der Waals surface area contributed by atoms with Gasteiger partial charge in [-0.3, -0.25) is 9.78 Å². The van der Waals surface area contributed by atoms with Gasteiger partial charge in [-0.15, -0.1) is 0 Å². The van der Waals surface area contributed by atoms with E-state index in [0.29, 0.717) is 16.8 Å². The third kappa shape index (κ3) is 3.84. The number of pyridine rings is 1. The number of para-hydroxylation sites is 1. The average molecular weight is 383 g/mol. The molecule has 0 bridgehead atoms. The molecule has 0 aliphatic heterocycles. The Hall–Kier alpha value is -2.77. The van der Waals surface area contributed by atoms with Crippen molar-refractivity contribution in [3.05, 3.63) is 66.4 Å². The zero-order chi connectivity index (χ0) is 19.6. The summed E-state index contributed by atoms with van der Waals surface area (Å²) in [5.41, 5.74) is 1.68. The minimum absolute atomic E-state index is 0.155. The topological polar surface area (TPSA) is 79.4 Å². The van der Waals surface area contributed by atoms with Gasteiger partial charge < -0.3 is 5.32 Å². The summed E-state index contributed by atoms with van der Waals surface area (Å²) in [6.07, 6.45) is 1.67. The number of carbonyl (C=O) groups is 1. The van der Waals surface area contributed by atoms with E-state index in [2.05, 4.69) is 10.3 Å². The zero-order valence-electron chi connectivity index (χ0n) is 15.4. The number of benzene rings is 2. The van der Waals surface area contributed by atoms with Crippen LogP contribution < -0.4 is 5.32 Å². The van der Waals surface area contributed by atoms with Gasteiger partial charge in [0.1, 0.15) is 0 Å². The van der Waals surface area contributed by atoms with Crippen molar-refractivity contribution < 1.29 is 13.2 Å². The van der Waals surface area contributed by atoms with Gasteiger partial charge in [0, 0.05) is 30.2 Å². The van der Waals surface area contributed by atoms with E-state index in [4.69, 9.17) is 0 Å². The van der Waals surface area contributed by atoms with E-state index in [1.807, 2.05) is 24.3 Å². The lowest BCUT2D eigenvalue weighted by atomic mass is 10.1. The third-order valence-corrected chi connectivity index (χ3v) is 6.45. The molecule has 0 fully saturated rings. The summed E-state index contributed by atoms with van der Waals surface area (Å²) in [7, 11) is -2.04. The quantitative estimate of drug-likeness (QED) is 0.731. The van der Waals surface area contributed by atoms with Crippen LogP contribution in [0.25, 0.3) is 10.9 Å². The van der Waals surface area contributed by atoms with E-state index < -0.39 is 10.0 Å². The first-order valence-electron chi connectivity index (χ1n) is 8.54. The maximum Gasteiger partial charge on any atom is 0.255 e. The lowest BCUT2D eigenvalue weighted by molar-refractivity contribution is 0.102. The smallest absolute Gasteiger partial charge is 0.255 e. The monoisotopic (exact) mass is 383 g/mol. The van der Waals surface area contributed by atoms with Gasteiger partial charge in [0.05, 0.1) is 16.1 Å². The van der Waals surface area contributed by atoms with Crippen molar-refractivity contribution >= 4 is 32.5 Å². The molecule has 0 unspecified atom stereocenters. The standard InChI is InChI=1S/C20H21N3O3S/c1-14(2)23(3)27(25,26)17-11-9-16(10-12-17)20(24)22-18-8-4-6-15-7-5-13-21-19(15)18/h4-14H,1-3H3,(H,22,24). The minimum atomic E-state index is -3.58. The molecule has 1 amide bonds. The molecule has 0 spiro atoms. The first-order chi connectivity index (χ1) is 12.8. The Kier molecular flexibility index (Phi) is 5.25. The largest absolute Gasteiger partial charge is 0.320 e. The summed E-state index contributed by atoms with van der Waals surface area (Å²) in [5, 5.41) is 3.76. The molecule has 6 nitrogen and oxygen atoms in total. The van der Waals surface area contributed by atoms with Crippen molar-refractivity contribution in [2.45, 2.75) is 24.8 Å². The van der Waals surface area contributed by atoms with Crippen molar-refractivity contribution in [2.75, 3.05) is 12.4 Å². The fourth-order valence-electron chi connectivity index (χ4n) is 2.62. The molecule has 1 heterocycles. The summed E-state index contributed by atoms with van der Waals surface area (Å²) in [6, 6.07) is 15.1. The molecule has 0 atom stereocenters. The van der Waals surface area contributed by atoms with Crippen LogP contribution in [0.3, 0.4) is 0 Å². The second kappa shape index (κ2) is 7.46. The SMILES string of the molecule is CC(C)N(C)S(=O)(=O)c1ccc(C(=O)Nc2cccc3cccnc23)cc1. The van der Waals surface area contributed by atoms with E-state index in [1.165, 1.54) is 35.6 Å². The normalized spacial score (nSPS) is 11.9. The van der Waals surface area contributed by atoms with Crippen LogP contribution in [-0.4, -0.2) is 36.7 Å². The Morgan fingerprint density at radius 2 is 1.70 bits per heavy atom. The second-order valence-corrected chi connectivity index (χ2v) is 8.47. The summed E-state index contributed by atoms with van der Waals surface area (Å²) < 4.78 is 26.3. The molecular formula is C20H21N3O3S. The first-order valence-corrected chi connectivity index (χ1v) is 9.98. The summed E-state index contributed by atoms with van der Waals surface area (Å²) in [4.78, 5) is 17.0. The van der Waals surface area contributed by atoms with Crippen molar-refractivity contribution in [3.8, 4) is 0 Å². The maximum absolute atomic E-state index is 12.6. The molecule has 2 aromatic carbocycles. The van der Waals surface area contributed by atoms with E-state index >= 15 is 0 Å². The highest BCUT2D eigenvalue weighted by atomic mass is 32.2. The number of fused-ring (bicyclic) bond motifs is 1. The lowest BCUT2D eigenvalue weighted by Crippen LogP contribution is -2.33. The number of anilines is 1. The Bertz CT molecular complexity index is 1070. The van der Waals surface area contributed by atoms with Crippen molar-refractivity contribution in [1.29, 1.82) is 0 Å². The highest BCUT2D eigenvalue weighted by molar-refractivity contribution is 7.89. The van der Waals surface area contributed by atoms with Crippen LogP contribution >= 0.6 is 0 Å². The van der Waals surface area contributed by atoms with Gasteiger partial charge in [0.15, 0.2) is 0 Å². The number of nitrogens with zero attached hydrogens (tertiary/aromatic N) is 2. The van der Waals surface area contributed by atoms with Gasteiger partial charge in [-0.1, -0.05) is 18.2 Å².